The van der Waals surface area contributed by atoms with E-state index in [1.54, 1.807) is 6.92 Å². The van der Waals surface area contributed by atoms with E-state index in [0.29, 0.717) is 11.6 Å². The first-order valence-corrected chi connectivity index (χ1v) is 5.07. The van der Waals surface area contributed by atoms with Crippen molar-refractivity contribution in [1.29, 1.82) is 0 Å². The molecule has 1 aliphatic carbocycles. The number of aromatic nitrogens is 2. The highest BCUT2D eigenvalue weighted by atomic mass is 16.3. The number of nitrogens with zero attached hydrogens (tertiary/aromatic N) is 2. The Morgan fingerprint density at radius 2 is 2.29 bits per heavy atom. The summed E-state index contributed by atoms with van der Waals surface area (Å²) in [4.78, 5) is 0. The quantitative estimate of drug-likeness (QED) is 0.745. The summed E-state index contributed by atoms with van der Waals surface area (Å²) >= 11 is 0. The molecule has 78 valence electrons. The maximum atomic E-state index is 9.74. The van der Waals surface area contributed by atoms with E-state index in [2.05, 4.69) is 5.10 Å². The number of hydrogen-bond donors (Lipinski definition) is 2. The number of aryl methyl sites for hydroxylation is 1. The summed E-state index contributed by atoms with van der Waals surface area (Å²) in [6, 6.07) is 1.71. The number of hydrogen-bond acceptors (Lipinski definition) is 3. The fraction of sp³-hybridized carbons (Fsp3) is 0.700. The Morgan fingerprint density at radius 3 is 2.79 bits per heavy atom. The van der Waals surface area contributed by atoms with Crippen LogP contribution in [0.25, 0.3) is 0 Å². The van der Waals surface area contributed by atoms with Crippen LogP contribution in [0.1, 0.15) is 43.2 Å². The van der Waals surface area contributed by atoms with Crippen LogP contribution in [-0.2, 0) is 7.05 Å². The highest BCUT2D eigenvalue weighted by Gasteiger charge is 2.28. The third kappa shape index (κ3) is 1.67. The van der Waals surface area contributed by atoms with Crippen LogP contribution in [0, 0.1) is 0 Å². The normalized spacial score (nSPS) is 20.9. The third-order valence-corrected chi connectivity index (χ3v) is 2.73. The summed E-state index contributed by atoms with van der Waals surface area (Å²) < 4.78 is 1.86. The minimum Gasteiger partial charge on any atom is -0.385 e. The van der Waals surface area contributed by atoms with Gasteiger partial charge in [0.15, 0.2) is 0 Å². The number of aliphatic hydroxyl groups excluding tert-OH is 1. The molecular formula is C10H17N3O. The average Bonchev–Trinajstić information content (AvgIpc) is 2.89. The lowest BCUT2D eigenvalue weighted by Crippen LogP contribution is -2.24. The van der Waals surface area contributed by atoms with E-state index in [-0.39, 0.29) is 6.04 Å². The van der Waals surface area contributed by atoms with Crippen molar-refractivity contribution in [3.8, 4) is 0 Å². The minimum atomic E-state index is -0.645. The fourth-order valence-corrected chi connectivity index (χ4v) is 1.68. The van der Waals surface area contributed by atoms with Gasteiger partial charge in [-0.05, 0) is 25.8 Å². The average molecular weight is 195 g/mol. The van der Waals surface area contributed by atoms with E-state index in [0.717, 1.165) is 0 Å². The Labute approximate surface area is 83.7 Å². The predicted octanol–water partition coefficient (Wildman–Crippen LogP) is 0.678. The van der Waals surface area contributed by atoms with Crippen molar-refractivity contribution in [2.75, 3.05) is 0 Å². The fourth-order valence-electron chi connectivity index (χ4n) is 1.68. The molecule has 0 spiro atoms. The zero-order valence-corrected chi connectivity index (χ0v) is 8.64. The van der Waals surface area contributed by atoms with E-state index in [1.807, 2.05) is 17.8 Å². The summed E-state index contributed by atoms with van der Waals surface area (Å²) in [6.45, 7) is 1.79. The van der Waals surface area contributed by atoms with Crippen LogP contribution in [0.15, 0.2) is 6.07 Å². The van der Waals surface area contributed by atoms with Crippen molar-refractivity contribution in [2.24, 2.45) is 12.8 Å². The zero-order chi connectivity index (χ0) is 10.3. The molecule has 0 aliphatic heterocycles. The van der Waals surface area contributed by atoms with Gasteiger partial charge in [0.05, 0.1) is 5.69 Å². The molecular weight excluding hydrogens is 178 g/mol. The van der Waals surface area contributed by atoms with Gasteiger partial charge in [0.1, 0.15) is 6.10 Å². The Kier molecular flexibility index (Phi) is 2.33. The van der Waals surface area contributed by atoms with Crippen LogP contribution < -0.4 is 5.73 Å². The Balaban J connectivity index is 2.22. The van der Waals surface area contributed by atoms with Crippen LogP contribution in [-0.4, -0.2) is 20.9 Å². The molecule has 1 heterocycles. The van der Waals surface area contributed by atoms with Gasteiger partial charge in [-0.15, -0.1) is 0 Å². The van der Waals surface area contributed by atoms with Crippen molar-refractivity contribution in [2.45, 2.75) is 37.8 Å². The maximum Gasteiger partial charge on any atom is 0.113 e. The molecule has 2 rings (SSSR count). The zero-order valence-electron chi connectivity index (χ0n) is 8.64. The van der Waals surface area contributed by atoms with Gasteiger partial charge < -0.3 is 10.8 Å². The maximum absolute atomic E-state index is 9.74. The molecule has 0 amide bonds. The predicted molar refractivity (Wildman–Crippen MR) is 53.8 cm³/mol. The minimum absolute atomic E-state index is 0.267. The number of aliphatic hydroxyl groups is 1. The molecule has 4 heteroatoms. The highest BCUT2D eigenvalue weighted by molar-refractivity contribution is 5.20. The lowest BCUT2D eigenvalue weighted by atomic mass is 10.1. The second kappa shape index (κ2) is 3.37. The molecule has 1 fully saturated rings. The number of nitrogens with two attached hydrogens (primary N) is 1. The van der Waals surface area contributed by atoms with Gasteiger partial charge in [-0.1, -0.05) is 0 Å². The van der Waals surface area contributed by atoms with E-state index in [9.17, 15) is 5.11 Å². The topological polar surface area (TPSA) is 64.1 Å². The second-order valence-electron chi connectivity index (χ2n) is 4.20. The standard InChI is InChI=1S/C10H17N3O/c1-6(11)10(14)8-5-9(7-3-4-7)13(2)12-8/h5-7,10,14H,3-4,11H2,1-2H3. The Hall–Kier alpha value is -0.870. The highest BCUT2D eigenvalue weighted by Crippen LogP contribution is 2.40. The summed E-state index contributed by atoms with van der Waals surface area (Å²) in [5, 5.41) is 14.0. The molecule has 2 atom stereocenters. The molecule has 0 radical (unpaired) electrons. The lowest BCUT2D eigenvalue weighted by molar-refractivity contribution is 0.148. The van der Waals surface area contributed by atoms with Crippen LogP contribution in [0.5, 0.6) is 0 Å². The molecule has 0 bridgehead atoms. The first kappa shape index (κ1) is 9.68. The summed E-state index contributed by atoms with van der Waals surface area (Å²) in [5.74, 6) is 0.654. The van der Waals surface area contributed by atoms with Crippen molar-refractivity contribution < 1.29 is 5.11 Å². The molecule has 1 saturated carbocycles. The summed E-state index contributed by atoms with van der Waals surface area (Å²) in [7, 11) is 1.92. The first-order chi connectivity index (χ1) is 6.59. The van der Waals surface area contributed by atoms with Crippen molar-refractivity contribution >= 4 is 0 Å². The smallest absolute Gasteiger partial charge is 0.113 e. The van der Waals surface area contributed by atoms with Gasteiger partial charge in [0.2, 0.25) is 0 Å². The van der Waals surface area contributed by atoms with E-state index in [4.69, 9.17) is 5.73 Å². The van der Waals surface area contributed by atoms with Crippen LogP contribution in [0.4, 0.5) is 0 Å². The molecule has 1 aliphatic rings. The van der Waals surface area contributed by atoms with Crippen molar-refractivity contribution in [3.63, 3.8) is 0 Å². The van der Waals surface area contributed by atoms with Gasteiger partial charge in [0, 0.05) is 24.7 Å². The SMILES string of the molecule is CC(N)C(O)c1cc(C2CC2)n(C)n1. The van der Waals surface area contributed by atoms with Crippen LogP contribution in [0.2, 0.25) is 0 Å². The van der Waals surface area contributed by atoms with Crippen LogP contribution in [0.3, 0.4) is 0 Å². The van der Waals surface area contributed by atoms with E-state index >= 15 is 0 Å². The van der Waals surface area contributed by atoms with Gasteiger partial charge in [-0.25, -0.2) is 0 Å². The number of rotatable bonds is 3. The molecule has 1 aromatic rings. The van der Waals surface area contributed by atoms with Crippen molar-refractivity contribution in [3.05, 3.63) is 17.5 Å². The monoisotopic (exact) mass is 195 g/mol. The molecule has 2 unspecified atom stereocenters. The largest absolute Gasteiger partial charge is 0.385 e. The first-order valence-electron chi connectivity index (χ1n) is 5.07. The van der Waals surface area contributed by atoms with E-state index < -0.39 is 6.10 Å². The van der Waals surface area contributed by atoms with Gasteiger partial charge in [-0.3, -0.25) is 4.68 Å². The molecule has 0 aromatic carbocycles. The molecule has 0 saturated heterocycles. The van der Waals surface area contributed by atoms with Gasteiger partial charge in [0.25, 0.3) is 0 Å². The second-order valence-corrected chi connectivity index (χ2v) is 4.20. The summed E-state index contributed by atoms with van der Waals surface area (Å²) in [5.41, 5.74) is 7.54. The molecule has 1 aromatic heterocycles. The van der Waals surface area contributed by atoms with Crippen molar-refractivity contribution in [1.82, 2.24) is 9.78 Å². The molecule has 3 N–H and O–H groups in total. The summed E-state index contributed by atoms with van der Waals surface area (Å²) in [6.07, 6.45) is 1.84. The van der Waals surface area contributed by atoms with Crippen LogP contribution >= 0.6 is 0 Å². The van der Waals surface area contributed by atoms with Gasteiger partial charge in [-0.2, -0.15) is 5.10 Å². The molecule has 14 heavy (non-hydrogen) atoms. The van der Waals surface area contributed by atoms with Gasteiger partial charge >= 0.3 is 0 Å². The third-order valence-electron chi connectivity index (χ3n) is 2.73. The Bertz CT molecular complexity index is 328. The van der Waals surface area contributed by atoms with E-state index in [1.165, 1.54) is 18.5 Å². The Morgan fingerprint density at radius 1 is 1.64 bits per heavy atom. The molecule has 4 nitrogen and oxygen atoms in total. The lowest BCUT2D eigenvalue weighted by Gasteiger charge is -2.10.